The van der Waals surface area contributed by atoms with Crippen LogP contribution < -0.4 is 5.32 Å². The van der Waals surface area contributed by atoms with Gasteiger partial charge in [0.2, 0.25) is 0 Å². The van der Waals surface area contributed by atoms with Crippen molar-refractivity contribution >= 4 is 15.9 Å². The molecule has 0 amide bonds. The zero-order chi connectivity index (χ0) is 11.3. The Morgan fingerprint density at radius 2 is 2.00 bits per heavy atom. The summed E-state index contributed by atoms with van der Waals surface area (Å²) < 4.78 is 1.15. The minimum Gasteiger partial charge on any atom is -0.389 e. The predicted molar refractivity (Wildman–Crippen MR) is 67.0 cm³/mol. The second-order valence-corrected chi connectivity index (χ2v) is 5.18. The first-order chi connectivity index (χ1) is 6.99. The average Bonchev–Trinajstić information content (AvgIpc) is 2.13. The van der Waals surface area contributed by atoms with Gasteiger partial charge in [-0.15, -0.1) is 0 Å². The molecule has 0 spiro atoms. The van der Waals surface area contributed by atoms with E-state index in [0.29, 0.717) is 6.54 Å². The molecule has 0 aromatic heterocycles. The molecule has 0 aliphatic rings. The molecule has 0 atom stereocenters. The minimum atomic E-state index is -0.631. The lowest BCUT2D eigenvalue weighted by molar-refractivity contribution is 0.0801. The van der Waals surface area contributed by atoms with Crippen LogP contribution in [0.15, 0.2) is 28.7 Å². The molecule has 0 aliphatic carbocycles. The molecule has 1 aromatic carbocycles. The number of benzene rings is 1. The fourth-order valence-electron chi connectivity index (χ4n) is 1.32. The summed E-state index contributed by atoms with van der Waals surface area (Å²) in [6.07, 6.45) is 0.970. The Balaban J connectivity index is 2.30. The van der Waals surface area contributed by atoms with Crippen molar-refractivity contribution in [1.29, 1.82) is 0 Å². The SMILES string of the molecule is CC(C)(O)CNCCc1ccccc1Br. The van der Waals surface area contributed by atoms with Crippen LogP contribution in [0.25, 0.3) is 0 Å². The average molecular weight is 272 g/mol. The summed E-state index contributed by atoms with van der Waals surface area (Å²) in [5, 5.41) is 12.7. The minimum absolute atomic E-state index is 0.622. The van der Waals surface area contributed by atoms with Crippen molar-refractivity contribution in [3.63, 3.8) is 0 Å². The molecule has 2 nitrogen and oxygen atoms in total. The molecule has 1 rings (SSSR count). The van der Waals surface area contributed by atoms with Crippen LogP contribution in [0.4, 0.5) is 0 Å². The van der Waals surface area contributed by atoms with Gasteiger partial charge in [-0.25, -0.2) is 0 Å². The number of rotatable bonds is 5. The highest BCUT2D eigenvalue weighted by molar-refractivity contribution is 9.10. The smallest absolute Gasteiger partial charge is 0.0715 e. The van der Waals surface area contributed by atoms with Crippen LogP contribution in [0.2, 0.25) is 0 Å². The topological polar surface area (TPSA) is 32.3 Å². The van der Waals surface area contributed by atoms with Crippen LogP contribution in [-0.4, -0.2) is 23.8 Å². The number of hydrogen-bond donors (Lipinski definition) is 2. The Hall–Kier alpha value is -0.380. The highest BCUT2D eigenvalue weighted by atomic mass is 79.9. The molecule has 3 heteroatoms. The van der Waals surface area contributed by atoms with Crippen LogP contribution in [0.1, 0.15) is 19.4 Å². The lowest BCUT2D eigenvalue weighted by Gasteiger charge is -2.17. The van der Waals surface area contributed by atoms with Crippen molar-refractivity contribution in [3.8, 4) is 0 Å². The number of halogens is 1. The lowest BCUT2D eigenvalue weighted by atomic mass is 10.1. The number of aliphatic hydroxyl groups is 1. The normalized spacial score (nSPS) is 11.7. The molecular formula is C12H18BrNO. The summed E-state index contributed by atoms with van der Waals surface area (Å²) in [6.45, 7) is 5.11. The van der Waals surface area contributed by atoms with Crippen LogP contribution in [-0.2, 0) is 6.42 Å². The van der Waals surface area contributed by atoms with Gasteiger partial charge in [0.25, 0.3) is 0 Å². The van der Waals surface area contributed by atoms with Gasteiger partial charge >= 0.3 is 0 Å². The van der Waals surface area contributed by atoms with Crippen molar-refractivity contribution in [1.82, 2.24) is 5.32 Å². The zero-order valence-electron chi connectivity index (χ0n) is 9.26. The maximum atomic E-state index is 9.50. The zero-order valence-corrected chi connectivity index (χ0v) is 10.8. The van der Waals surface area contributed by atoms with E-state index < -0.39 is 5.60 Å². The Kier molecular flexibility index (Phi) is 4.77. The molecule has 0 bridgehead atoms. The highest BCUT2D eigenvalue weighted by Gasteiger charge is 2.10. The number of nitrogens with one attached hydrogen (secondary N) is 1. The van der Waals surface area contributed by atoms with E-state index in [2.05, 4.69) is 27.3 Å². The Bertz CT molecular complexity index is 307. The molecule has 0 heterocycles. The van der Waals surface area contributed by atoms with E-state index in [9.17, 15) is 5.11 Å². The summed E-state index contributed by atoms with van der Waals surface area (Å²) >= 11 is 3.51. The quantitative estimate of drug-likeness (QED) is 0.806. The van der Waals surface area contributed by atoms with E-state index in [0.717, 1.165) is 17.4 Å². The summed E-state index contributed by atoms with van der Waals surface area (Å²) in [6, 6.07) is 8.20. The van der Waals surface area contributed by atoms with Crippen molar-refractivity contribution in [2.45, 2.75) is 25.9 Å². The van der Waals surface area contributed by atoms with Crippen LogP contribution in [0.3, 0.4) is 0 Å². The Morgan fingerprint density at radius 1 is 1.33 bits per heavy atom. The third-order valence-corrected chi connectivity index (χ3v) is 2.86. The van der Waals surface area contributed by atoms with Gasteiger partial charge in [-0.1, -0.05) is 34.1 Å². The van der Waals surface area contributed by atoms with Gasteiger partial charge in [0.15, 0.2) is 0 Å². The van der Waals surface area contributed by atoms with Gasteiger partial charge in [-0.05, 0) is 38.4 Å². The van der Waals surface area contributed by atoms with E-state index in [1.807, 2.05) is 18.2 Å². The van der Waals surface area contributed by atoms with Crippen LogP contribution in [0.5, 0.6) is 0 Å². The first-order valence-electron chi connectivity index (χ1n) is 5.15. The Labute approximate surface area is 99.8 Å². The molecule has 0 fully saturated rings. The second-order valence-electron chi connectivity index (χ2n) is 4.33. The molecule has 84 valence electrons. The van der Waals surface area contributed by atoms with E-state index >= 15 is 0 Å². The van der Waals surface area contributed by atoms with Gasteiger partial charge in [-0.3, -0.25) is 0 Å². The first-order valence-corrected chi connectivity index (χ1v) is 5.95. The maximum absolute atomic E-state index is 9.50. The first kappa shape index (κ1) is 12.7. The Morgan fingerprint density at radius 3 is 2.60 bits per heavy atom. The van der Waals surface area contributed by atoms with Crippen molar-refractivity contribution in [2.75, 3.05) is 13.1 Å². The van der Waals surface area contributed by atoms with Crippen molar-refractivity contribution < 1.29 is 5.11 Å². The summed E-state index contributed by atoms with van der Waals surface area (Å²) in [4.78, 5) is 0. The number of hydrogen-bond acceptors (Lipinski definition) is 2. The second kappa shape index (κ2) is 5.64. The summed E-state index contributed by atoms with van der Waals surface area (Å²) in [5.41, 5.74) is 0.661. The standard InChI is InChI=1S/C12H18BrNO/c1-12(2,15)9-14-8-7-10-5-3-4-6-11(10)13/h3-6,14-15H,7-9H2,1-2H3. The molecule has 0 radical (unpaired) electrons. The molecule has 0 unspecified atom stereocenters. The monoisotopic (exact) mass is 271 g/mol. The molecule has 0 saturated heterocycles. The van der Waals surface area contributed by atoms with Gasteiger partial charge in [0.05, 0.1) is 5.60 Å². The highest BCUT2D eigenvalue weighted by Crippen LogP contribution is 2.15. The lowest BCUT2D eigenvalue weighted by Crippen LogP contribution is -2.35. The van der Waals surface area contributed by atoms with E-state index in [1.165, 1.54) is 5.56 Å². The third kappa shape index (κ3) is 5.30. The van der Waals surface area contributed by atoms with Gasteiger partial charge in [-0.2, -0.15) is 0 Å². The molecule has 0 saturated carbocycles. The van der Waals surface area contributed by atoms with Gasteiger partial charge in [0.1, 0.15) is 0 Å². The van der Waals surface area contributed by atoms with Gasteiger partial charge < -0.3 is 10.4 Å². The molecule has 1 aromatic rings. The van der Waals surface area contributed by atoms with Crippen LogP contribution >= 0.6 is 15.9 Å². The van der Waals surface area contributed by atoms with Crippen molar-refractivity contribution in [2.24, 2.45) is 0 Å². The van der Waals surface area contributed by atoms with Crippen LogP contribution in [0, 0.1) is 0 Å². The summed E-state index contributed by atoms with van der Waals surface area (Å²) in [7, 11) is 0. The van der Waals surface area contributed by atoms with Crippen molar-refractivity contribution in [3.05, 3.63) is 34.3 Å². The summed E-state index contributed by atoms with van der Waals surface area (Å²) in [5.74, 6) is 0. The molecular weight excluding hydrogens is 254 g/mol. The van der Waals surface area contributed by atoms with E-state index in [1.54, 1.807) is 13.8 Å². The molecule has 15 heavy (non-hydrogen) atoms. The molecule has 2 N–H and O–H groups in total. The third-order valence-electron chi connectivity index (χ3n) is 2.09. The maximum Gasteiger partial charge on any atom is 0.0715 e. The molecule has 0 aliphatic heterocycles. The van der Waals surface area contributed by atoms with E-state index in [-0.39, 0.29) is 0 Å². The van der Waals surface area contributed by atoms with Gasteiger partial charge in [0, 0.05) is 11.0 Å². The van der Waals surface area contributed by atoms with E-state index in [4.69, 9.17) is 0 Å². The fraction of sp³-hybridized carbons (Fsp3) is 0.500. The predicted octanol–water partition coefficient (Wildman–Crippen LogP) is 2.35. The fourth-order valence-corrected chi connectivity index (χ4v) is 1.80. The largest absolute Gasteiger partial charge is 0.389 e.